The number of anilines is 1. The summed E-state index contributed by atoms with van der Waals surface area (Å²) in [5.41, 5.74) is 0.782. The number of nitrogens with zero attached hydrogens (tertiary/aromatic N) is 3. The van der Waals surface area contributed by atoms with Crippen molar-refractivity contribution in [1.82, 2.24) is 9.97 Å². The second-order valence-electron chi connectivity index (χ2n) is 3.89. The summed E-state index contributed by atoms with van der Waals surface area (Å²) in [4.78, 5) is 18.6. The summed E-state index contributed by atoms with van der Waals surface area (Å²) >= 11 is 0. The Morgan fingerprint density at radius 2 is 2.05 bits per heavy atom. The molecule has 7 nitrogen and oxygen atoms in total. The average molecular weight is 274 g/mol. The second-order valence-corrected chi connectivity index (χ2v) is 3.89. The van der Waals surface area contributed by atoms with E-state index in [9.17, 15) is 10.1 Å². The molecule has 0 atom stereocenters. The molecular weight excluding hydrogens is 260 g/mol. The molecule has 1 N–H and O–H groups in total. The second kappa shape index (κ2) is 5.96. The molecule has 0 aliphatic heterocycles. The molecule has 0 spiro atoms. The van der Waals surface area contributed by atoms with Gasteiger partial charge in [0, 0.05) is 12.6 Å². The van der Waals surface area contributed by atoms with Gasteiger partial charge < -0.3 is 10.1 Å². The highest BCUT2D eigenvalue weighted by molar-refractivity contribution is 5.70. The van der Waals surface area contributed by atoms with Crippen LogP contribution in [0.15, 0.2) is 30.5 Å². The Bertz CT molecular complexity index is 614. The van der Waals surface area contributed by atoms with Crippen LogP contribution in [0.2, 0.25) is 0 Å². The lowest BCUT2D eigenvalue weighted by Gasteiger charge is -2.06. The first kappa shape index (κ1) is 13.7. The molecule has 0 aliphatic carbocycles. The Morgan fingerprint density at radius 1 is 1.35 bits per heavy atom. The Labute approximate surface area is 115 Å². The van der Waals surface area contributed by atoms with E-state index >= 15 is 0 Å². The highest BCUT2D eigenvalue weighted by atomic mass is 16.6. The highest BCUT2D eigenvalue weighted by Gasteiger charge is 2.18. The number of nitro groups is 1. The zero-order chi connectivity index (χ0) is 14.5. The number of hydrogen-bond donors (Lipinski definition) is 1. The van der Waals surface area contributed by atoms with E-state index < -0.39 is 4.92 Å². The Balaban J connectivity index is 2.46. The largest absolute Gasteiger partial charge is 0.494 e. The summed E-state index contributed by atoms with van der Waals surface area (Å²) < 4.78 is 5.34. The van der Waals surface area contributed by atoms with Crippen LogP contribution in [-0.2, 0) is 0 Å². The molecule has 0 bridgehead atoms. The number of hydrogen-bond acceptors (Lipinski definition) is 6. The van der Waals surface area contributed by atoms with Crippen molar-refractivity contribution in [2.24, 2.45) is 0 Å². The van der Waals surface area contributed by atoms with Gasteiger partial charge in [-0.25, -0.2) is 9.97 Å². The van der Waals surface area contributed by atoms with Crippen molar-refractivity contribution in [3.05, 3.63) is 40.6 Å². The predicted octanol–water partition coefficient (Wildman–Crippen LogP) is 2.49. The van der Waals surface area contributed by atoms with Crippen LogP contribution in [0.25, 0.3) is 11.3 Å². The van der Waals surface area contributed by atoms with Gasteiger partial charge in [0.2, 0.25) is 5.95 Å². The molecule has 1 aromatic carbocycles. The van der Waals surface area contributed by atoms with Gasteiger partial charge in [0.25, 0.3) is 0 Å². The van der Waals surface area contributed by atoms with E-state index in [1.807, 2.05) is 6.92 Å². The number of benzene rings is 1. The molecule has 2 aromatic rings. The Morgan fingerprint density at radius 3 is 2.60 bits per heavy atom. The topological polar surface area (TPSA) is 90.2 Å². The van der Waals surface area contributed by atoms with Crippen molar-refractivity contribution in [3.63, 3.8) is 0 Å². The quantitative estimate of drug-likeness (QED) is 0.665. The number of ether oxygens (including phenoxy) is 1. The third-order valence-electron chi connectivity index (χ3n) is 2.63. The van der Waals surface area contributed by atoms with E-state index in [4.69, 9.17) is 4.74 Å². The normalized spacial score (nSPS) is 10.1. The van der Waals surface area contributed by atoms with Gasteiger partial charge in [-0.05, 0) is 31.2 Å². The van der Waals surface area contributed by atoms with Crippen LogP contribution in [0.1, 0.15) is 6.92 Å². The molecule has 1 heterocycles. The van der Waals surface area contributed by atoms with Gasteiger partial charge in [-0.2, -0.15) is 0 Å². The average Bonchev–Trinajstić information content (AvgIpc) is 2.47. The van der Waals surface area contributed by atoms with E-state index in [-0.39, 0.29) is 11.4 Å². The van der Waals surface area contributed by atoms with Crippen LogP contribution in [0.3, 0.4) is 0 Å². The molecule has 2 rings (SSSR count). The van der Waals surface area contributed by atoms with Crippen molar-refractivity contribution in [1.29, 1.82) is 0 Å². The first-order valence-electron chi connectivity index (χ1n) is 6.08. The van der Waals surface area contributed by atoms with E-state index in [0.29, 0.717) is 23.9 Å². The van der Waals surface area contributed by atoms with Gasteiger partial charge >= 0.3 is 5.69 Å². The third kappa shape index (κ3) is 2.82. The lowest BCUT2D eigenvalue weighted by molar-refractivity contribution is -0.384. The van der Waals surface area contributed by atoms with Gasteiger partial charge in [-0.3, -0.25) is 10.1 Å². The van der Waals surface area contributed by atoms with Gasteiger partial charge in [0.05, 0.1) is 11.5 Å². The van der Waals surface area contributed by atoms with E-state index in [1.165, 1.54) is 6.20 Å². The first-order chi connectivity index (χ1) is 9.65. The van der Waals surface area contributed by atoms with Crippen LogP contribution < -0.4 is 10.1 Å². The number of nitrogens with one attached hydrogen (secondary N) is 1. The zero-order valence-electron chi connectivity index (χ0n) is 11.2. The molecule has 0 fully saturated rings. The van der Waals surface area contributed by atoms with Gasteiger partial charge in [-0.1, -0.05) is 0 Å². The lowest BCUT2D eigenvalue weighted by atomic mass is 10.1. The van der Waals surface area contributed by atoms with E-state index in [1.54, 1.807) is 31.3 Å². The molecular formula is C13H14N4O3. The van der Waals surface area contributed by atoms with Crippen molar-refractivity contribution >= 4 is 11.6 Å². The molecule has 0 saturated carbocycles. The van der Waals surface area contributed by atoms with Crippen molar-refractivity contribution < 1.29 is 9.66 Å². The summed E-state index contributed by atoms with van der Waals surface area (Å²) in [5.74, 6) is 1.04. The predicted molar refractivity (Wildman–Crippen MR) is 74.8 cm³/mol. The molecule has 0 radical (unpaired) electrons. The van der Waals surface area contributed by atoms with Crippen LogP contribution in [0, 0.1) is 10.1 Å². The standard InChI is InChI=1S/C13H14N4O3/c1-3-20-10-6-4-9(5-7-10)12-11(17(18)19)8-15-13(14-2)16-12/h4-8H,3H2,1-2H3,(H,14,15,16). The maximum atomic E-state index is 11.0. The molecule has 7 heteroatoms. The summed E-state index contributed by atoms with van der Waals surface area (Å²) in [7, 11) is 1.66. The summed E-state index contributed by atoms with van der Waals surface area (Å²) in [6.07, 6.45) is 1.20. The fourth-order valence-corrected chi connectivity index (χ4v) is 1.72. The monoisotopic (exact) mass is 274 g/mol. The van der Waals surface area contributed by atoms with Crippen LogP contribution >= 0.6 is 0 Å². The maximum absolute atomic E-state index is 11.0. The minimum Gasteiger partial charge on any atom is -0.494 e. The molecule has 0 amide bonds. The molecule has 104 valence electrons. The van der Waals surface area contributed by atoms with Gasteiger partial charge in [0.15, 0.2) is 5.69 Å². The van der Waals surface area contributed by atoms with Crippen LogP contribution in [0.4, 0.5) is 11.6 Å². The summed E-state index contributed by atoms with van der Waals surface area (Å²) in [6, 6.07) is 6.98. The smallest absolute Gasteiger partial charge is 0.313 e. The fraction of sp³-hybridized carbons (Fsp3) is 0.231. The van der Waals surface area contributed by atoms with Crippen LogP contribution in [-0.4, -0.2) is 28.5 Å². The third-order valence-corrected chi connectivity index (χ3v) is 2.63. The molecule has 0 unspecified atom stereocenters. The fourth-order valence-electron chi connectivity index (χ4n) is 1.72. The van der Waals surface area contributed by atoms with Gasteiger partial charge in [0.1, 0.15) is 11.9 Å². The summed E-state index contributed by atoms with van der Waals surface area (Å²) in [6.45, 7) is 2.46. The van der Waals surface area contributed by atoms with E-state index in [2.05, 4.69) is 15.3 Å². The van der Waals surface area contributed by atoms with Crippen molar-refractivity contribution in [2.45, 2.75) is 6.92 Å². The molecule has 0 aliphatic rings. The van der Waals surface area contributed by atoms with Crippen molar-refractivity contribution in [3.8, 4) is 17.0 Å². The lowest BCUT2D eigenvalue weighted by Crippen LogP contribution is -2.01. The maximum Gasteiger partial charge on any atom is 0.313 e. The van der Waals surface area contributed by atoms with E-state index in [0.717, 1.165) is 0 Å². The SMILES string of the molecule is CCOc1ccc(-c2nc(NC)ncc2[N+](=O)[O-])cc1. The summed E-state index contributed by atoms with van der Waals surface area (Å²) in [5, 5.41) is 13.8. The first-order valence-corrected chi connectivity index (χ1v) is 6.08. The molecule has 1 aromatic heterocycles. The minimum absolute atomic E-state index is 0.131. The highest BCUT2D eigenvalue weighted by Crippen LogP contribution is 2.29. The minimum atomic E-state index is -0.495. The van der Waals surface area contributed by atoms with Crippen LogP contribution in [0.5, 0.6) is 5.75 Å². The zero-order valence-corrected chi connectivity index (χ0v) is 11.2. The van der Waals surface area contributed by atoms with Crippen molar-refractivity contribution in [2.75, 3.05) is 19.0 Å². The Kier molecular flexibility index (Phi) is 4.09. The number of aromatic nitrogens is 2. The molecule has 20 heavy (non-hydrogen) atoms. The molecule has 0 saturated heterocycles. The Hall–Kier alpha value is -2.70. The number of rotatable bonds is 5. The van der Waals surface area contributed by atoms with Gasteiger partial charge in [-0.15, -0.1) is 0 Å².